The van der Waals surface area contributed by atoms with Crippen LogP contribution in [-0.4, -0.2) is 87.1 Å². The number of hydrogen-bond acceptors (Lipinski definition) is 10. The van der Waals surface area contributed by atoms with Crippen molar-refractivity contribution in [3.63, 3.8) is 0 Å². The Morgan fingerprint density at radius 1 is 0.780 bits per heavy atom. The number of allylic oxidation sites excluding steroid dienone is 1. The van der Waals surface area contributed by atoms with Crippen LogP contribution in [0.3, 0.4) is 0 Å². The molecule has 10 nitrogen and oxygen atoms in total. The van der Waals surface area contributed by atoms with Crippen LogP contribution in [0.1, 0.15) is 68.9 Å². The van der Waals surface area contributed by atoms with E-state index in [4.69, 9.17) is 39.1 Å². The van der Waals surface area contributed by atoms with E-state index < -0.39 is 0 Å². The first-order valence-electron chi connectivity index (χ1n) is 21.2. The molecule has 4 aliphatic rings. The van der Waals surface area contributed by atoms with Crippen molar-refractivity contribution in [2.24, 2.45) is 11.8 Å². The van der Waals surface area contributed by atoms with E-state index in [1.165, 1.54) is 24.1 Å². The van der Waals surface area contributed by atoms with Crippen molar-refractivity contribution in [1.82, 2.24) is 30.0 Å². The number of rotatable bonds is 15. The first-order valence-corrected chi connectivity index (χ1v) is 22.4. The molecule has 11 heteroatoms. The highest BCUT2D eigenvalue weighted by Gasteiger charge is 2.43. The van der Waals surface area contributed by atoms with Crippen molar-refractivity contribution in [2.75, 3.05) is 47.1 Å². The third-order valence-electron chi connectivity index (χ3n) is 13.2. The van der Waals surface area contributed by atoms with E-state index in [2.05, 4.69) is 94.8 Å². The number of methoxy groups -OCH3 is 2. The second-order valence-electron chi connectivity index (χ2n) is 16.2. The van der Waals surface area contributed by atoms with Gasteiger partial charge in [-0.1, -0.05) is 61.1 Å². The van der Waals surface area contributed by atoms with Crippen molar-refractivity contribution >= 4 is 55.2 Å². The second kappa shape index (κ2) is 17.5. The van der Waals surface area contributed by atoms with Gasteiger partial charge in [-0.2, -0.15) is 0 Å². The highest BCUT2D eigenvalue weighted by Crippen LogP contribution is 2.45. The zero-order chi connectivity index (χ0) is 40.5. The summed E-state index contributed by atoms with van der Waals surface area (Å²) in [6.07, 6.45) is 11.9. The van der Waals surface area contributed by atoms with Gasteiger partial charge in [0, 0.05) is 66.3 Å². The fourth-order valence-electron chi connectivity index (χ4n) is 9.91. The van der Waals surface area contributed by atoms with Crippen molar-refractivity contribution in [3.05, 3.63) is 108 Å². The monoisotopic (exact) mass is 904 g/mol. The Morgan fingerprint density at radius 3 is 2.00 bits per heavy atom. The molecule has 0 amide bonds. The normalized spacial score (nSPS) is 22.3. The number of aromatic nitrogens is 4. The van der Waals surface area contributed by atoms with Crippen LogP contribution in [0.5, 0.6) is 23.3 Å². The molecular weight excluding hydrogens is 851 g/mol. The molecule has 0 aliphatic carbocycles. The zero-order valence-electron chi connectivity index (χ0n) is 34.4. The summed E-state index contributed by atoms with van der Waals surface area (Å²) in [7, 11) is 3.42. The lowest BCUT2D eigenvalue weighted by Crippen LogP contribution is -2.55. The van der Waals surface area contributed by atoms with E-state index in [0.717, 1.165) is 100 Å². The minimum absolute atomic E-state index is 0.00653. The molecule has 6 aromatic rings. The third-order valence-corrected chi connectivity index (χ3v) is 14.7. The van der Waals surface area contributed by atoms with Gasteiger partial charge in [0.25, 0.3) is 0 Å². The Balaban J connectivity index is 1.03. The lowest BCUT2D eigenvalue weighted by molar-refractivity contribution is -0.0174. The Hall–Kier alpha value is -4.75. The average Bonchev–Trinajstić information content (AvgIpc) is 3.28. The molecule has 7 atom stereocenters. The van der Waals surface area contributed by atoms with Gasteiger partial charge in [-0.15, -0.1) is 10.2 Å². The summed E-state index contributed by atoms with van der Waals surface area (Å²) in [4.78, 5) is 14.7. The highest BCUT2D eigenvalue weighted by atomic mass is 127. The number of alkyl halides is 1. The molecule has 3 aromatic carbocycles. The van der Waals surface area contributed by atoms with E-state index in [1.807, 2.05) is 42.7 Å². The van der Waals surface area contributed by atoms with Crippen molar-refractivity contribution in [1.29, 1.82) is 0 Å². The number of likely N-dealkylation sites (tertiary alicyclic amines) is 1. The van der Waals surface area contributed by atoms with Gasteiger partial charge in [0.2, 0.25) is 11.8 Å². The summed E-state index contributed by atoms with van der Waals surface area (Å²) in [5, 5.41) is 13.4. The largest absolute Gasteiger partial charge is 0.497 e. The maximum Gasteiger partial charge on any atom is 0.241 e. The lowest BCUT2D eigenvalue weighted by atomic mass is 9.70. The molecular formula is C48H53IN6O4. The zero-order valence-corrected chi connectivity index (χ0v) is 36.5. The van der Waals surface area contributed by atoms with Gasteiger partial charge < -0.3 is 23.8 Å². The van der Waals surface area contributed by atoms with Crippen LogP contribution >= 0.6 is 22.6 Å². The number of fused-ring (bicyclic) bond motifs is 6. The summed E-state index contributed by atoms with van der Waals surface area (Å²) >= 11 is 2.60. The van der Waals surface area contributed by atoms with Gasteiger partial charge in [-0.25, -0.2) is 0 Å². The molecule has 3 unspecified atom stereocenters. The Labute approximate surface area is 360 Å². The van der Waals surface area contributed by atoms with Gasteiger partial charge in [0.05, 0.1) is 53.3 Å². The molecule has 4 fully saturated rings. The van der Waals surface area contributed by atoms with Gasteiger partial charge in [-0.05, 0) is 109 Å². The van der Waals surface area contributed by atoms with Crippen LogP contribution in [0.2, 0.25) is 0 Å². The standard InChI is InChI=1S/C48H53IN6O4/c1-5-9-32-19-23-55(32)46(49)42(36-17-21-51-44-15-13-34(57-4)26-40(36)44)29-59-48-38-11-8-7-10-37(38)47(52-53-48)58-28-41(45-24-31-18-22-54(45)27-30(31)6-2)35-16-20-50-43-14-12-33(56-3)25-39(35)43/h7-17,20-21,25-26,30-31,41-42,45-46H,5-6,18-19,22-24,27-29H2,1-4H3/b32-9-/t30?,31?,41-,42-,45+,46-/m0/s1. The average molecular weight is 905 g/mol. The molecule has 0 saturated carbocycles. The summed E-state index contributed by atoms with van der Waals surface area (Å²) < 4.78 is 25.1. The SMILES string of the molecule is CC/C=C1/CCN1[C@H](I)[C@@H](COc1nnc(OC[C@@H](c2ccnc3ccc(OC)cc23)[C@H]2CC3CCN2CC3CC)c2ccccc12)c1ccnc2ccc(OC)cc12. The summed E-state index contributed by atoms with van der Waals surface area (Å²) in [5.74, 6) is 4.20. The number of halogens is 1. The Morgan fingerprint density at radius 2 is 1.42 bits per heavy atom. The van der Waals surface area contributed by atoms with Crippen molar-refractivity contribution < 1.29 is 18.9 Å². The fourth-order valence-corrected chi connectivity index (χ4v) is 11.1. The molecule has 7 heterocycles. The van der Waals surface area contributed by atoms with Crippen LogP contribution in [0.15, 0.2) is 97.0 Å². The smallest absolute Gasteiger partial charge is 0.241 e. The molecule has 2 bridgehead atoms. The van der Waals surface area contributed by atoms with Gasteiger partial charge >= 0.3 is 0 Å². The molecule has 4 aliphatic heterocycles. The molecule has 0 spiro atoms. The third kappa shape index (κ3) is 7.76. The maximum absolute atomic E-state index is 6.86. The number of nitrogens with zero attached hydrogens (tertiary/aromatic N) is 6. The first kappa shape index (κ1) is 39.7. The number of benzene rings is 3. The van der Waals surface area contributed by atoms with Crippen LogP contribution < -0.4 is 18.9 Å². The molecule has 0 radical (unpaired) electrons. The first-order chi connectivity index (χ1) is 29.0. The van der Waals surface area contributed by atoms with E-state index in [-0.39, 0.29) is 15.9 Å². The van der Waals surface area contributed by atoms with E-state index in [9.17, 15) is 0 Å². The van der Waals surface area contributed by atoms with Crippen LogP contribution in [0.25, 0.3) is 32.6 Å². The maximum atomic E-state index is 6.86. The molecule has 59 heavy (non-hydrogen) atoms. The van der Waals surface area contributed by atoms with E-state index >= 15 is 0 Å². The van der Waals surface area contributed by atoms with Gasteiger partial charge in [-0.3, -0.25) is 14.9 Å². The summed E-state index contributed by atoms with van der Waals surface area (Å²) in [6.45, 7) is 8.67. The lowest BCUT2D eigenvalue weighted by Gasteiger charge is -2.52. The van der Waals surface area contributed by atoms with Crippen LogP contribution in [0, 0.1) is 11.8 Å². The second-order valence-corrected chi connectivity index (χ2v) is 17.5. The topological polar surface area (TPSA) is 95.0 Å². The summed E-state index contributed by atoms with van der Waals surface area (Å²) in [5.41, 5.74) is 5.67. The Kier molecular flexibility index (Phi) is 11.7. The number of ether oxygens (including phenoxy) is 4. The van der Waals surface area contributed by atoms with Gasteiger partial charge in [0.15, 0.2) is 0 Å². The predicted octanol–water partition coefficient (Wildman–Crippen LogP) is 9.95. The predicted molar refractivity (Wildman–Crippen MR) is 242 cm³/mol. The number of pyridine rings is 2. The van der Waals surface area contributed by atoms with Crippen LogP contribution in [-0.2, 0) is 0 Å². The minimum Gasteiger partial charge on any atom is -0.497 e. The molecule has 0 N–H and O–H groups in total. The summed E-state index contributed by atoms with van der Waals surface area (Å²) in [6, 6.07) is 25.1. The number of hydrogen-bond donors (Lipinski definition) is 0. The molecule has 306 valence electrons. The van der Waals surface area contributed by atoms with Crippen LogP contribution in [0.4, 0.5) is 0 Å². The van der Waals surface area contributed by atoms with E-state index in [0.29, 0.717) is 31.0 Å². The minimum atomic E-state index is -0.00653. The van der Waals surface area contributed by atoms with Crippen molar-refractivity contribution in [3.8, 4) is 23.3 Å². The molecule has 10 rings (SSSR count). The molecule has 3 aromatic heterocycles. The molecule has 4 saturated heterocycles. The van der Waals surface area contributed by atoms with E-state index in [1.54, 1.807) is 14.2 Å². The highest BCUT2D eigenvalue weighted by molar-refractivity contribution is 14.1. The fraction of sp³-hybridized carbons (Fsp3) is 0.417. The quantitative estimate of drug-likeness (QED) is 0.0563. The van der Waals surface area contributed by atoms with Gasteiger partial charge in [0.1, 0.15) is 11.5 Å². The van der Waals surface area contributed by atoms with Crippen molar-refractivity contribution in [2.45, 2.75) is 67.9 Å². The Bertz CT molecular complexity index is 2480. The number of piperidine rings is 3.